The number of carbonyl (C=O) groups is 2. The largest absolute Gasteiger partial charge is 0.398 e. The Morgan fingerprint density at radius 1 is 1.23 bits per heavy atom. The zero-order valence-corrected chi connectivity index (χ0v) is 6.94. The molecular weight excluding hydrogens is 166 g/mol. The van der Waals surface area contributed by atoms with E-state index in [0.29, 0.717) is 5.70 Å². The second-order valence-electron chi connectivity index (χ2n) is 2.49. The van der Waals surface area contributed by atoms with Crippen LogP contribution in [0.4, 0.5) is 0 Å². The summed E-state index contributed by atoms with van der Waals surface area (Å²) in [6.07, 6.45) is 1.35. The molecule has 66 valence electrons. The topological polar surface area (TPSA) is 60.2 Å². The maximum Gasteiger partial charge on any atom is 0.220 e. The summed E-state index contributed by atoms with van der Waals surface area (Å²) in [6.45, 7) is 0. The van der Waals surface area contributed by atoms with E-state index in [1.54, 1.807) is 24.3 Å². The number of rotatable bonds is 3. The fourth-order valence-electron chi connectivity index (χ4n) is 0.901. The van der Waals surface area contributed by atoms with Crippen LogP contribution in [-0.2, 0) is 9.59 Å². The second kappa shape index (κ2) is 4.21. The van der Waals surface area contributed by atoms with Gasteiger partial charge in [-0.05, 0) is 5.56 Å². The molecule has 0 aliphatic carbocycles. The van der Waals surface area contributed by atoms with Crippen LogP contribution in [0, 0.1) is 0 Å². The highest BCUT2D eigenvalue weighted by Crippen LogP contribution is 2.06. The first-order valence-electron chi connectivity index (χ1n) is 3.76. The molecule has 1 aromatic carbocycles. The molecule has 0 unspecified atom stereocenters. The van der Waals surface area contributed by atoms with E-state index in [1.807, 2.05) is 6.07 Å². The maximum absolute atomic E-state index is 10.7. The molecule has 0 fully saturated rings. The third-order valence-electron chi connectivity index (χ3n) is 1.52. The molecule has 0 aliphatic rings. The molecule has 0 amide bonds. The minimum Gasteiger partial charge on any atom is -0.398 e. The Hall–Kier alpha value is -1.90. The van der Waals surface area contributed by atoms with Gasteiger partial charge in [0.2, 0.25) is 5.78 Å². The van der Waals surface area contributed by atoms with Gasteiger partial charge in [0, 0.05) is 11.8 Å². The Morgan fingerprint density at radius 3 is 2.38 bits per heavy atom. The van der Waals surface area contributed by atoms with Gasteiger partial charge in [0.25, 0.3) is 0 Å². The van der Waals surface area contributed by atoms with Gasteiger partial charge in [0.05, 0.1) is 0 Å². The predicted octanol–water partition coefficient (Wildman–Crippen LogP) is 0.754. The van der Waals surface area contributed by atoms with E-state index in [2.05, 4.69) is 0 Å². The third-order valence-corrected chi connectivity index (χ3v) is 1.52. The summed E-state index contributed by atoms with van der Waals surface area (Å²) in [5, 5.41) is 0. The molecule has 13 heavy (non-hydrogen) atoms. The van der Waals surface area contributed by atoms with Crippen molar-refractivity contribution in [2.45, 2.75) is 0 Å². The Labute approximate surface area is 75.9 Å². The molecule has 0 aliphatic heterocycles. The zero-order chi connectivity index (χ0) is 9.68. The molecule has 3 heteroatoms. The smallest absolute Gasteiger partial charge is 0.220 e. The fourth-order valence-corrected chi connectivity index (χ4v) is 0.901. The molecule has 1 aromatic rings. The SMILES string of the molecule is N/C(=C\C(=O)C=O)c1ccccc1. The molecule has 0 bridgehead atoms. The Kier molecular flexibility index (Phi) is 2.97. The number of hydrogen-bond donors (Lipinski definition) is 1. The number of hydrogen-bond acceptors (Lipinski definition) is 3. The normalized spacial score (nSPS) is 10.9. The lowest BCUT2D eigenvalue weighted by Gasteiger charge is -1.98. The Bertz CT molecular complexity index is 341. The minimum absolute atomic E-state index is 0.232. The van der Waals surface area contributed by atoms with Crippen LogP contribution in [0.2, 0.25) is 0 Å². The molecule has 0 radical (unpaired) electrons. The molecule has 3 nitrogen and oxygen atoms in total. The monoisotopic (exact) mass is 175 g/mol. The molecule has 0 heterocycles. The van der Waals surface area contributed by atoms with Crippen molar-refractivity contribution in [1.82, 2.24) is 0 Å². The first kappa shape index (κ1) is 9.19. The number of ketones is 1. The van der Waals surface area contributed by atoms with Crippen molar-refractivity contribution in [2.24, 2.45) is 5.73 Å². The minimum atomic E-state index is -0.624. The van der Waals surface area contributed by atoms with Gasteiger partial charge in [0.15, 0.2) is 6.29 Å². The van der Waals surface area contributed by atoms with E-state index in [9.17, 15) is 9.59 Å². The molecule has 0 aromatic heterocycles. The average Bonchev–Trinajstić information content (AvgIpc) is 2.19. The molecule has 0 atom stereocenters. The summed E-state index contributed by atoms with van der Waals surface area (Å²) in [7, 11) is 0. The van der Waals surface area contributed by atoms with Crippen LogP contribution in [0.5, 0.6) is 0 Å². The van der Waals surface area contributed by atoms with Crippen LogP contribution in [0.1, 0.15) is 5.56 Å². The average molecular weight is 175 g/mol. The number of carbonyl (C=O) groups excluding carboxylic acids is 2. The number of nitrogens with two attached hydrogens (primary N) is 1. The van der Waals surface area contributed by atoms with Crippen molar-refractivity contribution in [3.8, 4) is 0 Å². The molecule has 0 saturated carbocycles. The van der Waals surface area contributed by atoms with Crippen LogP contribution in [0.15, 0.2) is 36.4 Å². The predicted molar refractivity (Wildman–Crippen MR) is 49.7 cm³/mol. The lowest BCUT2D eigenvalue weighted by molar-refractivity contribution is -0.126. The summed E-state index contributed by atoms with van der Waals surface area (Å²) < 4.78 is 0. The van der Waals surface area contributed by atoms with Crippen molar-refractivity contribution in [2.75, 3.05) is 0 Å². The second-order valence-corrected chi connectivity index (χ2v) is 2.49. The van der Waals surface area contributed by atoms with Crippen molar-refractivity contribution in [3.05, 3.63) is 42.0 Å². The van der Waals surface area contributed by atoms with Crippen molar-refractivity contribution in [1.29, 1.82) is 0 Å². The van der Waals surface area contributed by atoms with Gasteiger partial charge in [-0.25, -0.2) is 0 Å². The van der Waals surface area contributed by atoms with Crippen LogP contribution in [0.3, 0.4) is 0 Å². The van der Waals surface area contributed by atoms with E-state index in [0.717, 1.165) is 11.6 Å². The third kappa shape index (κ3) is 2.56. The molecule has 0 spiro atoms. The van der Waals surface area contributed by atoms with Gasteiger partial charge in [-0.1, -0.05) is 30.3 Å². The van der Waals surface area contributed by atoms with Crippen molar-refractivity contribution < 1.29 is 9.59 Å². The summed E-state index contributed by atoms with van der Waals surface area (Å²) >= 11 is 0. The Morgan fingerprint density at radius 2 is 1.85 bits per heavy atom. The first-order valence-corrected chi connectivity index (χ1v) is 3.76. The zero-order valence-electron chi connectivity index (χ0n) is 6.94. The van der Waals surface area contributed by atoms with E-state index < -0.39 is 5.78 Å². The van der Waals surface area contributed by atoms with E-state index in [-0.39, 0.29) is 6.29 Å². The number of aldehydes is 1. The van der Waals surface area contributed by atoms with Crippen molar-refractivity contribution >= 4 is 17.8 Å². The summed E-state index contributed by atoms with van der Waals surface area (Å²) in [6, 6.07) is 9.00. The molecule has 2 N–H and O–H groups in total. The van der Waals surface area contributed by atoms with Crippen LogP contribution < -0.4 is 5.73 Å². The fraction of sp³-hybridized carbons (Fsp3) is 0. The standard InChI is InChI=1S/C10H9NO2/c11-10(6-9(13)7-12)8-4-2-1-3-5-8/h1-7H,11H2/b10-6-. The lowest BCUT2D eigenvalue weighted by Crippen LogP contribution is -2.01. The van der Waals surface area contributed by atoms with Gasteiger partial charge >= 0.3 is 0 Å². The van der Waals surface area contributed by atoms with E-state index in [1.165, 1.54) is 0 Å². The van der Waals surface area contributed by atoms with Gasteiger partial charge in [-0.3, -0.25) is 9.59 Å². The summed E-state index contributed by atoms with van der Waals surface area (Å²) in [4.78, 5) is 20.7. The quantitative estimate of drug-likeness (QED) is 0.419. The van der Waals surface area contributed by atoms with Gasteiger partial charge in [-0.15, -0.1) is 0 Å². The highest BCUT2D eigenvalue weighted by Gasteiger charge is 1.98. The maximum atomic E-state index is 10.7. The first-order chi connectivity index (χ1) is 6.24. The van der Waals surface area contributed by atoms with Gasteiger partial charge in [0.1, 0.15) is 0 Å². The lowest BCUT2D eigenvalue weighted by atomic mass is 10.1. The van der Waals surface area contributed by atoms with Crippen molar-refractivity contribution in [3.63, 3.8) is 0 Å². The van der Waals surface area contributed by atoms with Gasteiger partial charge < -0.3 is 5.73 Å². The van der Waals surface area contributed by atoms with E-state index in [4.69, 9.17) is 5.73 Å². The summed E-state index contributed by atoms with van der Waals surface area (Å²) in [5.41, 5.74) is 6.59. The molecular formula is C10H9NO2. The van der Waals surface area contributed by atoms with Crippen LogP contribution in [-0.4, -0.2) is 12.1 Å². The van der Waals surface area contributed by atoms with Crippen LogP contribution >= 0.6 is 0 Å². The van der Waals surface area contributed by atoms with Crippen LogP contribution in [0.25, 0.3) is 5.70 Å². The molecule has 0 saturated heterocycles. The number of benzene rings is 1. The highest BCUT2D eigenvalue weighted by atomic mass is 16.2. The van der Waals surface area contributed by atoms with E-state index >= 15 is 0 Å². The summed E-state index contributed by atoms with van der Waals surface area (Å²) in [5.74, 6) is -0.624. The Balaban J connectivity index is 2.91. The highest BCUT2D eigenvalue weighted by molar-refractivity contribution is 6.32. The van der Waals surface area contributed by atoms with Gasteiger partial charge in [-0.2, -0.15) is 0 Å². The molecule has 1 rings (SSSR count). The number of allylic oxidation sites excluding steroid dienone is 1.